The van der Waals surface area contributed by atoms with Crippen LogP contribution in [0.2, 0.25) is 0 Å². The highest BCUT2D eigenvalue weighted by molar-refractivity contribution is 5.25. The largest absolute Gasteiger partial charge is 0.394 e. The highest BCUT2D eigenvalue weighted by Gasteiger charge is 2.09. The van der Waals surface area contributed by atoms with Gasteiger partial charge in [-0.1, -0.05) is 0 Å². The fourth-order valence-electron chi connectivity index (χ4n) is 1.35. The molecule has 1 aromatic heterocycles. The molecule has 0 aromatic carbocycles. The Hall–Kier alpha value is -1.01. The van der Waals surface area contributed by atoms with Gasteiger partial charge in [-0.2, -0.15) is 0 Å². The third kappa shape index (κ3) is 3.24. The first-order chi connectivity index (χ1) is 7.21. The number of rotatable bonds is 5. The topological polar surface area (TPSA) is 105 Å². The summed E-state index contributed by atoms with van der Waals surface area (Å²) in [6, 6.07) is 1.88. The van der Waals surface area contributed by atoms with Gasteiger partial charge in [0.05, 0.1) is 12.7 Å². The van der Waals surface area contributed by atoms with Crippen LogP contribution in [0.25, 0.3) is 0 Å². The molecule has 0 aliphatic rings. The molecular formula is C10H17N3O2. The van der Waals surface area contributed by atoms with E-state index < -0.39 is 6.10 Å². The molecule has 0 saturated carbocycles. The van der Waals surface area contributed by atoms with Gasteiger partial charge in [-0.15, -0.1) is 0 Å². The summed E-state index contributed by atoms with van der Waals surface area (Å²) in [5.74, 6) is 0. The quantitative estimate of drug-likeness (QED) is 0.494. The Bertz CT molecular complexity index is 318. The first-order valence-corrected chi connectivity index (χ1v) is 4.87. The maximum atomic E-state index is 9.30. The Balaban J connectivity index is 2.87. The molecule has 1 aromatic rings. The molecule has 6 N–H and O–H groups in total. The van der Waals surface area contributed by atoms with Crippen LogP contribution in [-0.2, 0) is 19.5 Å². The molecule has 0 amide bonds. The molecule has 5 nitrogen and oxygen atoms in total. The van der Waals surface area contributed by atoms with Crippen molar-refractivity contribution in [3.05, 3.63) is 29.1 Å². The van der Waals surface area contributed by atoms with Crippen molar-refractivity contribution in [3.63, 3.8) is 0 Å². The Morgan fingerprint density at radius 1 is 1.33 bits per heavy atom. The maximum absolute atomic E-state index is 9.30. The molecule has 5 heteroatoms. The zero-order valence-electron chi connectivity index (χ0n) is 8.56. The van der Waals surface area contributed by atoms with Gasteiger partial charge >= 0.3 is 0 Å². The number of aromatic nitrogens is 1. The number of pyridine rings is 1. The van der Waals surface area contributed by atoms with Crippen molar-refractivity contribution in [2.45, 2.75) is 25.6 Å². The van der Waals surface area contributed by atoms with Crippen LogP contribution < -0.4 is 11.5 Å². The summed E-state index contributed by atoms with van der Waals surface area (Å²) in [7, 11) is 0. The van der Waals surface area contributed by atoms with E-state index in [1.165, 1.54) is 0 Å². The normalized spacial score (nSPS) is 12.8. The zero-order chi connectivity index (χ0) is 11.3. The number of nitrogens with zero attached hydrogens (tertiary/aromatic N) is 1. The Morgan fingerprint density at radius 3 is 2.60 bits per heavy atom. The number of aliphatic hydroxyl groups is 2. The Morgan fingerprint density at radius 2 is 2.07 bits per heavy atom. The first-order valence-electron chi connectivity index (χ1n) is 4.87. The predicted octanol–water partition coefficient (Wildman–Crippen LogP) is -1.11. The minimum Gasteiger partial charge on any atom is -0.394 e. The van der Waals surface area contributed by atoms with E-state index in [2.05, 4.69) is 4.98 Å². The van der Waals surface area contributed by atoms with Gasteiger partial charge in [0.25, 0.3) is 0 Å². The highest BCUT2D eigenvalue weighted by Crippen LogP contribution is 2.10. The second kappa shape index (κ2) is 5.77. The summed E-state index contributed by atoms with van der Waals surface area (Å²) in [6.45, 7) is 0.501. The summed E-state index contributed by atoms with van der Waals surface area (Å²) in [5.41, 5.74) is 13.5. The predicted molar refractivity (Wildman–Crippen MR) is 56.8 cm³/mol. The number of nitrogens with two attached hydrogens (primary N) is 2. The molecule has 0 aliphatic heterocycles. The van der Waals surface area contributed by atoms with Crippen LogP contribution in [0.15, 0.2) is 12.3 Å². The SMILES string of the molecule is NCc1cnc(CC(O)CO)c(CN)c1. The van der Waals surface area contributed by atoms with Gasteiger partial charge in [0, 0.05) is 31.4 Å². The summed E-state index contributed by atoms with van der Waals surface area (Å²) in [4.78, 5) is 4.18. The monoisotopic (exact) mass is 211 g/mol. The van der Waals surface area contributed by atoms with Crippen molar-refractivity contribution in [1.29, 1.82) is 0 Å². The molecule has 84 valence electrons. The molecule has 0 fully saturated rings. The zero-order valence-corrected chi connectivity index (χ0v) is 8.56. The third-order valence-corrected chi connectivity index (χ3v) is 2.21. The minimum absolute atomic E-state index is 0.273. The van der Waals surface area contributed by atoms with Crippen molar-refractivity contribution in [2.75, 3.05) is 6.61 Å². The lowest BCUT2D eigenvalue weighted by Crippen LogP contribution is -2.18. The molecule has 1 atom stereocenters. The van der Waals surface area contributed by atoms with Gasteiger partial charge in [0.15, 0.2) is 0 Å². The van der Waals surface area contributed by atoms with Crippen molar-refractivity contribution >= 4 is 0 Å². The van der Waals surface area contributed by atoms with Crippen LogP contribution >= 0.6 is 0 Å². The molecule has 0 spiro atoms. The maximum Gasteiger partial charge on any atom is 0.0826 e. The molecule has 0 aliphatic carbocycles. The lowest BCUT2D eigenvalue weighted by atomic mass is 10.1. The molecule has 0 bridgehead atoms. The lowest BCUT2D eigenvalue weighted by Gasteiger charge is -2.11. The van der Waals surface area contributed by atoms with E-state index in [9.17, 15) is 5.11 Å². The van der Waals surface area contributed by atoms with Crippen molar-refractivity contribution in [1.82, 2.24) is 4.98 Å². The minimum atomic E-state index is -0.786. The van der Waals surface area contributed by atoms with Gasteiger partial charge in [-0.05, 0) is 17.2 Å². The van der Waals surface area contributed by atoms with E-state index in [-0.39, 0.29) is 6.61 Å². The van der Waals surface area contributed by atoms with Gasteiger partial charge < -0.3 is 21.7 Å². The molecule has 1 rings (SSSR count). The van der Waals surface area contributed by atoms with Crippen LogP contribution in [0.3, 0.4) is 0 Å². The van der Waals surface area contributed by atoms with Crippen LogP contribution in [0, 0.1) is 0 Å². The molecule has 0 radical (unpaired) electrons. The van der Waals surface area contributed by atoms with E-state index in [0.717, 1.165) is 16.8 Å². The van der Waals surface area contributed by atoms with Crippen LogP contribution in [0.1, 0.15) is 16.8 Å². The Kier molecular flexibility index (Phi) is 4.64. The number of hydrogen-bond donors (Lipinski definition) is 4. The van der Waals surface area contributed by atoms with Crippen molar-refractivity contribution in [3.8, 4) is 0 Å². The van der Waals surface area contributed by atoms with Crippen LogP contribution in [0.5, 0.6) is 0 Å². The van der Waals surface area contributed by atoms with Gasteiger partial charge in [0.2, 0.25) is 0 Å². The second-order valence-corrected chi connectivity index (χ2v) is 3.40. The second-order valence-electron chi connectivity index (χ2n) is 3.40. The van der Waals surface area contributed by atoms with Crippen LogP contribution in [-0.4, -0.2) is 27.9 Å². The van der Waals surface area contributed by atoms with Crippen molar-refractivity contribution < 1.29 is 10.2 Å². The summed E-state index contributed by atoms with van der Waals surface area (Å²) >= 11 is 0. The highest BCUT2D eigenvalue weighted by atomic mass is 16.3. The Labute approximate surface area is 88.7 Å². The smallest absolute Gasteiger partial charge is 0.0826 e. The molecule has 1 unspecified atom stereocenters. The van der Waals surface area contributed by atoms with Gasteiger partial charge in [-0.3, -0.25) is 4.98 Å². The summed E-state index contributed by atoms with van der Waals surface area (Å²) in [5, 5.41) is 18.0. The molecule has 1 heterocycles. The van der Waals surface area contributed by atoms with E-state index in [0.29, 0.717) is 19.5 Å². The fraction of sp³-hybridized carbons (Fsp3) is 0.500. The molecular weight excluding hydrogens is 194 g/mol. The summed E-state index contributed by atoms with van der Waals surface area (Å²) in [6.07, 6.45) is 1.19. The van der Waals surface area contributed by atoms with E-state index in [4.69, 9.17) is 16.6 Å². The van der Waals surface area contributed by atoms with Gasteiger partial charge in [-0.25, -0.2) is 0 Å². The average Bonchev–Trinajstić information content (AvgIpc) is 2.29. The lowest BCUT2D eigenvalue weighted by molar-refractivity contribution is 0.0945. The third-order valence-electron chi connectivity index (χ3n) is 2.21. The summed E-state index contributed by atoms with van der Waals surface area (Å²) < 4.78 is 0. The first kappa shape index (κ1) is 12.1. The number of aliphatic hydroxyl groups excluding tert-OH is 2. The standard InChI is InChI=1S/C10H17N3O2/c11-3-7-1-8(4-12)10(13-5-7)2-9(15)6-14/h1,5,9,14-15H,2-4,6,11-12H2. The molecule has 0 saturated heterocycles. The number of hydrogen-bond acceptors (Lipinski definition) is 5. The van der Waals surface area contributed by atoms with E-state index in [1.54, 1.807) is 6.20 Å². The van der Waals surface area contributed by atoms with Gasteiger partial charge in [0.1, 0.15) is 0 Å². The van der Waals surface area contributed by atoms with Crippen molar-refractivity contribution in [2.24, 2.45) is 11.5 Å². The molecule has 15 heavy (non-hydrogen) atoms. The van der Waals surface area contributed by atoms with E-state index >= 15 is 0 Å². The fourth-order valence-corrected chi connectivity index (χ4v) is 1.35. The van der Waals surface area contributed by atoms with Crippen LogP contribution in [0.4, 0.5) is 0 Å². The van der Waals surface area contributed by atoms with E-state index in [1.807, 2.05) is 6.07 Å². The average molecular weight is 211 g/mol.